The van der Waals surface area contributed by atoms with E-state index < -0.39 is 11.5 Å². The molecule has 0 aliphatic carbocycles. The largest absolute Gasteiger partial charge is 0.494 e. The Hall–Kier alpha value is -1.75. The Morgan fingerprint density at radius 3 is 2.70 bits per heavy atom. The predicted octanol–water partition coefficient (Wildman–Crippen LogP) is 1.80. The summed E-state index contributed by atoms with van der Waals surface area (Å²) in [4.78, 5) is 13.4. The number of benzene rings is 1. The van der Waals surface area contributed by atoms with Crippen molar-refractivity contribution >= 4 is 11.7 Å². The zero-order chi connectivity index (χ0) is 15.2. The van der Waals surface area contributed by atoms with E-state index in [1.165, 1.54) is 7.11 Å². The minimum Gasteiger partial charge on any atom is -0.494 e. The Balaban J connectivity index is 2.42. The first-order valence-electron chi connectivity index (χ1n) is 6.64. The fourth-order valence-corrected chi connectivity index (χ4v) is 1.82. The van der Waals surface area contributed by atoms with Gasteiger partial charge in [0, 0.05) is 25.8 Å². The van der Waals surface area contributed by atoms with Crippen molar-refractivity contribution < 1.29 is 14.3 Å². The molecule has 20 heavy (non-hydrogen) atoms. The van der Waals surface area contributed by atoms with Crippen molar-refractivity contribution in [3.63, 3.8) is 0 Å². The number of hydrogen-bond acceptors (Lipinski definition) is 5. The van der Waals surface area contributed by atoms with Gasteiger partial charge in [-0.2, -0.15) is 0 Å². The molecular formula is C15H24N2O3. The van der Waals surface area contributed by atoms with E-state index in [1.54, 1.807) is 6.92 Å². The van der Waals surface area contributed by atoms with E-state index in [0.717, 1.165) is 11.4 Å². The number of hydrogen-bond donors (Lipinski definition) is 1. The summed E-state index contributed by atoms with van der Waals surface area (Å²) in [6.45, 7) is 2.19. The maximum atomic E-state index is 11.4. The van der Waals surface area contributed by atoms with Gasteiger partial charge in [0.25, 0.3) is 0 Å². The van der Waals surface area contributed by atoms with Crippen molar-refractivity contribution in [2.45, 2.75) is 25.3 Å². The minimum atomic E-state index is -0.955. The van der Waals surface area contributed by atoms with Crippen LogP contribution in [0.25, 0.3) is 0 Å². The summed E-state index contributed by atoms with van der Waals surface area (Å²) in [7, 11) is 5.31. The average molecular weight is 280 g/mol. The summed E-state index contributed by atoms with van der Waals surface area (Å²) >= 11 is 0. The molecule has 5 nitrogen and oxygen atoms in total. The Morgan fingerprint density at radius 1 is 1.40 bits per heavy atom. The Bertz CT molecular complexity index is 444. The van der Waals surface area contributed by atoms with Gasteiger partial charge in [-0.15, -0.1) is 0 Å². The molecule has 0 saturated heterocycles. The summed E-state index contributed by atoms with van der Waals surface area (Å²) in [5, 5.41) is 0. The van der Waals surface area contributed by atoms with Gasteiger partial charge < -0.3 is 20.1 Å². The Morgan fingerprint density at radius 2 is 2.10 bits per heavy atom. The smallest absolute Gasteiger partial charge is 0.325 e. The van der Waals surface area contributed by atoms with Crippen LogP contribution in [0.1, 0.15) is 19.8 Å². The second-order valence-corrected chi connectivity index (χ2v) is 5.25. The molecule has 112 valence electrons. The number of ether oxygens (including phenoxy) is 2. The highest BCUT2D eigenvalue weighted by molar-refractivity contribution is 5.79. The van der Waals surface area contributed by atoms with Crippen LogP contribution in [0, 0.1) is 0 Å². The van der Waals surface area contributed by atoms with Crippen LogP contribution in [-0.2, 0) is 9.53 Å². The molecule has 2 N–H and O–H groups in total. The molecule has 0 saturated carbocycles. The van der Waals surface area contributed by atoms with Gasteiger partial charge >= 0.3 is 5.97 Å². The van der Waals surface area contributed by atoms with Crippen molar-refractivity contribution in [3.05, 3.63) is 24.3 Å². The number of rotatable bonds is 7. The van der Waals surface area contributed by atoms with Crippen LogP contribution in [0.4, 0.5) is 5.69 Å². The highest BCUT2D eigenvalue weighted by atomic mass is 16.5. The molecule has 0 bridgehead atoms. The SMILES string of the molecule is COC(=O)C(C)(N)CCCOc1cccc(N(C)C)c1. The molecule has 1 rings (SSSR count). The molecule has 1 atom stereocenters. The topological polar surface area (TPSA) is 64.8 Å². The first-order valence-corrected chi connectivity index (χ1v) is 6.64. The molecule has 0 aliphatic rings. The van der Waals surface area contributed by atoms with Crippen LogP contribution in [0.15, 0.2) is 24.3 Å². The van der Waals surface area contributed by atoms with Gasteiger partial charge in [-0.3, -0.25) is 4.79 Å². The van der Waals surface area contributed by atoms with E-state index in [-0.39, 0.29) is 0 Å². The number of anilines is 1. The highest BCUT2D eigenvalue weighted by Crippen LogP contribution is 2.20. The third-order valence-electron chi connectivity index (χ3n) is 3.09. The zero-order valence-electron chi connectivity index (χ0n) is 12.7. The first kappa shape index (κ1) is 16.3. The van der Waals surface area contributed by atoms with E-state index >= 15 is 0 Å². The Kier molecular flexibility index (Phi) is 5.82. The monoisotopic (exact) mass is 280 g/mol. The van der Waals surface area contributed by atoms with Gasteiger partial charge in [0.15, 0.2) is 0 Å². The minimum absolute atomic E-state index is 0.396. The van der Waals surface area contributed by atoms with Crippen LogP contribution >= 0.6 is 0 Å². The summed E-state index contributed by atoms with van der Waals surface area (Å²) in [5.41, 5.74) is 6.01. The van der Waals surface area contributed by atoms with Crippen LogP contribution in [0.2, 0.25) is 0 Å². The molecule has 0 aliphatic heterocycles. The predicted molar refractivity (Wildman–Crippen MR) is 80.1 cm³/mol. The second kappa shape index (κ2) is 7.14. The first-order chi connectivity index (χ1) is 9.36. The number of carbonyl (C=O) groups excluding carboxylic acids is 1. The normalized spacial score (nSPS) is 13.4. The van der Waals surface area contributed by atoms with E-state index in [9.17, 15) is 4.79 Å². The van der Waals surface area contributed by atoms with Crippen molar-refractivity contribution in [1.82, 2.24) is 0 Å². The van der Waals surface area contributed by atoms with Crippen LogP contribution < -0.4 is 15.4 Å². The highest BCUT2D eigenvalue weighted by Gasteiger charge is 2.28. The lowest BCUT2D eigenvalue weighted by Gasteiger charge is -2.21. The summed E-state index contributed by atoms with van der Waals surface area (Å²) in [5.74, 6) is 0.417. The number of nitrogens with two attached hydrogens (primary N) is 1. The quantitative estimate of drug-likeness (QED) is 0.609. The Labute approximate surface area is 120 Å². The summed E-state index contributed by atoms with van der Waals surface area (Å²) in [6.07, 6.45) is 1.21. The van der Waals surface area contributed by atoms with Gasteiger partial charge in [-0.1, -0.05) is 6.07 Å². The number of carbonyl (C=O) groups is 1. The molecular weight excluding hydrogens is 256 g/mol. The van der Waals surface area contributed by atoms with Crippen LogP contribution in [0.5, 0.6) is 5.75 Å². The zero-order valence-corrected chi connectivity index (χ0v) is 12.7. The third-order valence-corrected chi connectivity index (χ3v) is 3.09. The third kappa shape index (κ3) is 4.74. The van der Waals surface area contributed by atoms with Gasteiger partial charge in [0.05, 0.1) is 13.7 Å². The molecule has 0 aromatic heterocycles. The van der Waals surface area contributed by atoms with Crippen molar-refractivity contribution in [1.29, 1.82) is 0 Å². The van der Waals surface area contributed by atoms with E-state index in [1.807, 2.05) is 43.3 Å². The fourth-order valence-electron chi connectivity index (χ4n) is 1.82. The maximum Gasteiger partial charge on any atom is 0.325 e. The van der Waals surface area contributed by atoms with Gasteiger partial charge in [0.1, 0.15) is 11.3 Å². The molecule has 1 unspecified atom stereocenters. The maximum absolute atomic E-state index is 11.4. The number of esters is 1. The average Bonchev–Trinajstić information content (AvgIpc) is 2.43. The molecule has 5 heteroatoms. The van der Waals surface area contributed by atoms with E-state index in [4.69, 9.17) is 10.5 Å². The number of methoxy groups -OCH3 is 1. The lowest BCUT2D eigenvalue weighted by molar-refractivity contribution is -0.146. The molecule has 0 spiro atoms. The van der Waals surface area contributed by atoms with Gasteiger partial charge in [-0.25, -0.2) is 0 Å². The lowest BCUT2D eigenvalue weighted by Crippen LogP contribution is -2.45. The molecule has 0 amide bonds. The molecule has 1 aromatic rings. The van der Waals surface area contributed by atoms with Crippen molar-refractivity contribution in [2.24, 2.45) is 5.73 Å². The van der Waals surface area contributed by atoms with Crippen molar-refractivity contribution in [2.75, 3.05) is 32.7 Å². The summed E-state index contributed by atoms with van der Waals surface area (Å²) in [6, 6.07) is 7.85. The van der Waals surface area contributed by atoms with Gasteiger partial charge in [0.2, 0.25) is 0 Å². The second-order valence-electron chi connectivity index (χ2n) is 5.25. The number of nitrogens with zero attached hydrogens (tertiary/aromatic N) is 1. The van der Waals surface area contributed by atoms with E-state index in [2.05, 4.69) is 4.74 Å². The molecule has 0 fully saturated rings. The molecule has 0 radical (unpaired) electrons. The molecule has 1 aromatic carbocycles. The summed E-state index contributed by atoms with van der Waals surface area (Å²) < 4.78 is 10.3. The molecule has 0 heterocycles. The van der Waals surface area contributed by atoms with Gasteiger partial charge in [-0.05, 0) is 31.9 Å². The fraction of sp³-hybridized carbons (Fsp3) is 0.533. The van der Waals surface area contributed by atoms with Crippen molar-refractivity contribution in [3.8, 4) is 5.75 Å². The lowest BCUT2D eigenvalue weighted by atomic mass is 9.98. The standard InChI is InChI=1S/C15H24N2O3/c1-15(16,14(18)19-4)9-6-10-20-13-8-5-7-12(11-13)17(2)3/h5,7-8,11H,6,9-10,16H2,1-4H3. The van der Waals surface area contributed by atoms with E-state index in [0.29, 0.717) is 19.4 Å². The van der Waals surface area contributed by atoms with Crippen LogP contribution in [-0.4, -0.2) is 39.3 Å². The van der Waals surface area contributed by atoms with Crippen LogP contribution in [0.3, 0.4) is 0 Å².